The van der Waals surface area contributed by atoms with Gasteiger partial charge in [0, 0.05) is 6.07 Å². The molecule has 0 saturated heterocycles. The van der Waals surface area contributed by atoms with E-state index >= 15 is 0 Å². The first kappa shape index (κ1) is 11.7. The van der Waals surface area contributed by atoms with Crippen molar-refractivity contribution in [1.29, 1.82) is 0 Å². The van der Waals surface area contributed by atoms with E-state index in [9.17, 15) is 4.79 Å². The lowest BCUT2D eigenvalue weighted by Gasteiger charge is -2.09. The lowest BCUT2D eigenvalue weighted by atomic mass is 10.2. The van der Waals surface area contributed by atoms with Gasteiger partial charge in [0.1, 0.15) is 10.8 Å². The number of hydrogen-bond acceptors (Lipinski definition) is 4. The predicted molar refractivity (Wildman–Crippen MR) is 70.2 cm³/mol. The number of aromatic nitrogens is 2. The van der Waals surface area contributed by atoms with Crippen LogP contribution in [0, 0.1) is 0 Å². The highest BCUT2D eigenvalue weighted by molar-refractivity contribution is 7.98. The Bertz CT molecular complexity index is 566. The first-order valence-corrected chi connectivity index (χ1v) is 6.38. The summed E-state index contributed by atoms with van der Waals surface area (Å²) in [6.45, 7) is 0.452. The number of hydrogen-bond donors (Lipinski definition) is 1. The molecule has 0 aliphatic carbocycles. The van der Waals surface area contributed by atoms with Crippen LogP contribution in [-0.4, -0.2) is 15.8 Å². The first-order chi connectivity index (χ1) is 8.20. The van der Waals surface area contributed by atoms with Crippen molar-refractivity contribution in [2.75, 3.05) is 12.0 Å². The summed E-state index contributed by atoms with van der Waals surface area (Å²) in [7, 11) is 0. The van der Waals surface area contributed by atoms with Gasteiger partial charge >= 0.3 is 5.69 Å². The maximum absolute atomic E-state index is 11.8. The quantitative estimate of drug-likeness (QED) is 0.661. The molecule has 0 bridgehead atoms. The Balaban J connectivity index is 2.37. The molecule has 5 heteroatoms. The van der Waals surface area contributed by atoms with Crippen molar-refractivity contribution in [3.05, 3.63) is 52.4 Å². The van der Waals surface area contributed by atoms with E-state index in [1.54, 1.807) is 6.07 Å². The van der Waals surface area contributed by atoms with Crippen LogP contribution in [0.4, 0.5) is 5.82 Å². The van der Waals surface area contributed by atoms with E-state index in [2.05, 4.69) is 4.98 Å². The fourth-order valence-corrected chi connectivity index (χ4v) is 1.94. The van der Waals surface area contributed by atoms with Crippen molar-refractivity contribution >= 4 is 17.6 Å². The third-order valence-electron chi connectivity index (χ3n) is 2.41. The Morgan fingerprint density at radius 3 is 2.65 bits per heavy atom. The molecule has 0 saturated carbocycles. The van der Waals surface area contributed by atoms with Gasteiger partial charge in [-0.25, -0.2) is 4.79 Å². The van der Waals surface area contributed by atoms with Gasteiger partial charge in [0.25, 0.3) is 0 Å². The number of nitrogens with two attached hydrogens (primary N) is 1. The van der Waals surface area contributed by atoms with E-state index in [1.165, 1.54) is 16.3 Å². The molecule has 0 radical (unpaired) electrons. The van der Waals surface area contributed by atoms with Crippen molar-refractivity contribution < 1.29 is 0 Å². The minimum Gasteiger partial charge on any atom is -0.385 e. The Labute approximate surface area is 103 Å². The SMILES string of the molecule is CSc1cc(N)n(Cc2ccccc2)c(=O)n1. The molecule has 2 rings (SSSR count). The molecular weight excluding hydrogens is 234 g/mol. The highest BCUT2D eigenvalue weighted by Gasteiger charge is 2.05. The fraction of sp³-hybridized carbons (Fsp3) is 0.167. The second kappa shape index (κ2) is 5.05. The fourth-order valence-electron chi connectivity index (χ4n) is 1.53. The number of rotatable bonds is 3. The Morgan fingerprint density at radius 1 is 1.35 bits per heavy atom. The summed E-state index contributed by atoms with van der Waals surface area (Å²) < 4.78 is 1.47. The third-order valence-corrected chi connectivity index (χ3v) is 3.04. The smallest absolute Gasteiger partial charge is 0.350 e. The normalized spacial score (nSPS) is 10.4. The summed E-state index contributed by atoms with van der Waals surface area (Å²) in [4.78, 5) is 15.7. The Kier molecular flexibility index (Phi) is 3.49. The van der Waals surface area contributed by atoms with E-state index in [-0.39, 0.29) is 5.69 Å². The van der Waals surface area contributed by atoms with Crippen LogP contribution in [0.1, 0.15) is 5.56 Å². The molecule has 0 spiro atoms. The van der Waals surface area contributed by atoms with E-state index in [4.69, 9.17) is 5.73 Å². The van der Waals surface area contributed by atoms with Gasteiger partial charge in [0.15, 0.2) is 0 Å². The molecule has 0 atom stereocenters. The second-order valence-corrected chi connectivity index (χ2v) is 4.40. The van der Waals surface area contributed by atoms with E-state index in [0.29, 0.717) is 17.4 Å². The molecule has 88 valence electrons. The summed E-state index contributed by atoms with van der Waals surface area (Å²) in [5.74, 6) is 0.443. The largest absolute Gasteiger partial charge is 0.385 e. The molecule has 4 nitrogen and oxygen atoms in total. The van der Waals surface area contributed by atoms with Crippen LogP contribution < -0.4 is 11.4 Å². The van der Waals surface area contributed by atoms with Gasteiger partial charge in [-0.3, -0.25) is 4.57 Å². The zero-order valence-electron chi connectivity index (χ0n) is 9.46. The zero-order valence-corrected chi connectivity index (χ0v) is 10.3. The molecule has 0 aliphatic heterocycles. The van der Waals surface area contributed by atoms with Crippen LogP contribution >= 0.6 is 11.8 Å². The summed E-state index contributed by atoms with van der Waals surface area (Å²) in [5, 5.41) is 0.650. The van der Waals surface area contributed by atoms with Crippen LogP contribution in [-0.2, 0) is 6.54 Å². The van der Waals surface area contributed by atoms with Crippen LogP contribution in [0.25, 0.3) is 0 Å². The Morgan fingerprint density at radius 2 is 2.06 bits per heavy atom. The third kappa shape index (κ3) is 2.68. The lowest BCUT2D eigenvalue weighted by Crippen LogP contribution is -2.26. The van der Waals surface area contributed by atoms with E-state index in [0.717, 1.165) is 5.56 Å². The molecule has 1 aromatic heterocycles. The van der Waals surface area contributed by atoms with Gasteiger partial charge < -0.3 is 5.73 Å². The van der Waals surface area contributed by atoms with Crippen LogP contribution in [0.15, 0.2) is 46.2 Å². The van der Waals surface area contributed by atoms with Gasteiger partial charge in [-0.15, -0.1) is 11.8 Å². The number of anilines is 1. The van der Waals surface area contributed by atoms with Crippen molar-refractivity contribution in [2.24, 2.45) is 0 Å². The van der Waals surface area contributed by atoms with Crippen LogP contribution in [0.3, 0.4) is 0 Å². The maximum atomic E-state index is 11.8. The van der Waals surface area contributed by atoms with Gasteiger partial charge in [0.05, 0.1) is 6.54 Å². The summed E-state index contributed by atoms with van der Waals surface area (Å²) in [5.41, 5.74) is 6.58. The van der Waals surface area contributed by atoms with Crippen LogP contribution in [0.2, 0.25) is 0 Å². The van der Waals surface area contributed by atoms with Crippen LogP contribution in [0.5, 0.6) is 0 Å². The molecule has 17 heavy (non-hydrogen) atoms. The zero-order chi connectivity index (χ0) is 12.3. The highest BCUT2D eigenvalue weighted by atomic mass is 32.2. The number of thioether (sulfide) groups is 1. The van der Waals surface area contributed by atoms with E-state index in [1.807, 2.05) is 36.6 Å². The Hall–Kier alpha value is -1.75. The maximum Gasteiger partial charge on any atom is 0.350 e. The number of benzene rings is 1. The molecule has 1 aromatic carbocycles. The summed E-state index contributed by atoms with van der Waals surface area (Å²) in [6.07, 6.45) is 1.86. The molecule has 0 fully saturated rings. The second-order valence-electron chi connectivity index (χ2n) is 3.58. The molecule has 0 aliphatic rings. The van der Waals surface area contributed by atoms with Crippen molar-refractivity contribution in [1.82, 2.24) is 9.55 Å². The van der Waals surface area contributed by atoms with E-state index < -0.39 is 0 Å². The minimum absolute atomic E-state index is 0.307. The number of nitrogens with zero attached hydrogens (tertiary/aromatic N) is 2. The molecule has 0 unspecified atom stereocenters. The van der Waals surface area contributed by atoms with Gasteiger partial charge in [-0.05, 0) is 11.8 Å². The monoisotopic (exact) mass is 247 g/mol. The van der Waals surface area contributed by atoms with Gasteiger partial charge in [0.2, 0.25) is 0 Å². The summed E-state index contributed by atoms with van der Waals surface area (Å²) >= 11 is 1.41. The van der Waals surface area contributed by atoms with Gasteiger partial charge in [-0.2, -0.15) is 4.98 Å². The van der Waals surface area contributed by atoms with Crippen molar-refractivity contribution in [3.63, 3.8) is 0 Å². The molecular formula is C12H13N3OS. The molecule has 0 amide bonds. The first-order valence-electron chi connectivity index (χ1n) is 5.16. The van der Waals surface area contributed by atoms with Crippen molar-refractivity contribution in [2.45, 2.75) is 11.6 Å². The predicted octanol–water partition coefficient (Wildman–Crippen LogP) is 1.60. The van der Waals surface area contributed by atoms with Crippen molar-refractivity contribution in [3.8, 4) is 0 Å². The molecule has 2 aromatic rings. The molecule has 1 heterocycles. The number of nitrogen functional groups attached to an aromatic ring is 1. The lowest BCUT2D eigenvalue weighted by molar-refractivity contribution is 0.722. The average molecular weight is 247 g/mol. The minimum atomic E-state index is -0.307. The summed E-state index contributed by atoms with van der Waals surface area (Å²) in [6, 6.07) is 11.4. The molecule has 2 N–H and O–H groups in total. The van der Waals surface area contributed by atoms with Gasteiger partial charge in [-0.1, -0.05) is 30.3 Å². The highest BCUT2D eigenvalue weighted by Crippen LogP contribution is 2.13. The average Bonchev–Trinajstić information content (AvgIpc) is 2.35. The standard InChI is InChI=1S/C12H13N3OS/c1-17-11-7-10(13)15(12(16)14-11)8-9-5-3-2-4-6-9/h2-7H,8,13H2,1H3. The topological polar surface area (TPSA) is 60.9 Å².